The van der Waals surface area contributed by atoms with Gasteiger partial charge in [0.1, 0.15) is 11.5 Å². The lowest BCUT2D eigenvalue weighted by Crippen LogP contribution is -2.25. The van der Waals surface area contributed by atoms with E-state index in [9.17, 15) is 4.79 Å². The van der Waals surface area contributed by atoms with Crippen LogP contribution in [0.15, 0.2) is 42.5 Å². The van der Waals surface area contributed by atoms with Crippen molar-refractivity contribution in [2.75, 3.05) is 19.0 Å². The van der Waals surface area contributed by atoms with Crippen molar-refractivity contribution in [2.24, 2.45) is 0 Å². The zero-order valence-corrected chi connectivity index (χ0v) is 13.0. The molecule has 3 rings (SSSR count). The normalized spacial score (nSPS) is 14.7. The number of methoxy groups -OCH3 is 1. The molecule has 1 heterocycles. The maximum Gasteiger partial charge on any atom is 0.262 e. The molecule has 1 aliphatic heterocycles. The zero-order valence-electron chi connectivity index (χ0n) is 11.4. The Kier molecular flexibility index (Phi) is 3.84. The van der Waals surface area contributed by atoms with Crippen molar-refractivity contribution < 1.29 is 14.3 Å². The van der Waals surface area contributed by atoms with Crippen molar-refractivity contribution in [2.45, 2.75) is 4.83 Å². The van der Waals surface area contributed by atoms with Crippen molar-refractivity contribution in [3.63, 3.8) is 0 Å². The number of ether oxygens (including phenoxy) is 2. The van der Waals surface area contributed by atoms with Crippen LogP contribution in [0, 0.1) is 0 Å². The van der Waals surface area contributed by atoms with Crippen LogP contribution in [0.2, 0.25) is 0 Å². The monoisotopic (exact) mass is 347 g/mol. The number of halogens is 1. The second-order valence-corrected chi connectivity index (χ2v) is 5.65. The van der Waals surface area contributed by atoms with Gasteiger partial charge in [0.2, 0.25) is 0 Å². The van der Waals surface area contributed by atoms with Crippen LogP contribution in [-0.4, -0.2) is 19.6 Å². The minimum Gasteiger partial charge on any atom is -0.497 e. The molecule has 1 aliphatic rings. The highest BCUT2D eigenvalue weighted by Gasteiger charge is 2.18. The molecule has 0 radical (unpaired) electrons. The molecule has 5 heteroatoms. The lowest BCUT2D eigenvalue weighted by atomic mass is 10.0. The Bertz CT molecular complexity index is 687. The van der Waals surface area contributed by atoms with Gasteiger partial charge in [0.15, 0.2) is 6.61 Å². The van der Waals surface area contributed by atoms with E-state index in [1.165, 1.54) is 0 Å². The Morgan fingerprint density at radius 3 is 2.86 bits per heavy atom. The van der Waals surface area contributed by atoms with Gasteiger partial charge in [-0.1, -0.05) is 34.1 Å². The predicted octanol–water partition coefficient (Wildman–Crippen LogP) is 3.51. The molecule has 1 unspecified atom stereocenters. The maximum absolute atomic E-state index is 11.4. The maximum atomic E-state index is 11.4. The third-order valence-electron chi connectivity index (χ3n) is 3.32. The molecule has 21 heavy (non-hydrogen) atoms. The molecule has 0 fully saturated rings. The molecule has 0 aromatic heterocycles. The molecule has 1 N–H and O–H groups in total. The lowest BCUT2D eigenvalue weighted by molar-refractivity contribution is -0.118. The first-order valence-corrected chi connectivity index (χ1v) is 7.43. The van der Waals surface area contributed by atoms with E-state index >= 15 is 0 Å². The summed E-state index contributed by atoms with van der Waals surface area (Å²) in [6.45, 7) is 0.0694. The summed E-state index contributed by atoms with van der Waals surface area (Å²) in [5, 5.41) is 2.82. The number of hydrogen-bond donors (Lipinski definition) is 1. The Labute approximate surface area is 131 Å². The number of hydrogen-bond acceptors (Lipinski definition) is 3. The molecule has 1 atom stereocenters. The van der Waals surface area contributed by atoms with E-state index < -0.39 is 0 Å². The van der Waals surface area contributed by atoms with E-state index in [0.29, 0.717) is 11.4 Å². The van der Waals surface area contributed by atoms with E-state index in [4.69, 9.17) is 9.47 Å². The van der Waals surface area contributed by atoms with Gasteiger partial charge >= 0.3 is 0 Å². The molecule has 0 aliphatic carbocycles. The minimum atomic E-state index is -0.132. The van der Waals surface area contributed by atoms with Crippen molar-refractivity contribution >= 4 is 27.5 Å². The van der Waals surface area contributed by atoms with Gasteiger partial charge in [-0.3, -0.25) is 4.79 Å². The fourth-order valence-electron chi connectivity index (χ4n) is 2.25. The van der Waals surface area contributed by atoms with Gasteiger partial charge < -0.3 is 14.8 Å². The van der Waals surface area contributed by atoms with Gasteiger partial charge in [-0.15, -0.1) is 0 Å². The van der Waals surface area contributed by atoms with E-state index in [-0.39, 0.29) is 17.3 Å². The summed E-state index contributed by atoms with van der Waals surface area (Å²) in [6.07, 6.45) is 0. The zero-order chi connectivity index (χ0) is 14.8. The molecule has 0 bridgehead atoms. The SMILES string of the molecule is COc1cccc(C(Br)c2ccc3c(c2)NC(=O)CO3)c1. The number of carbonyl (C=O) groups excluding carboxylic acids is 1. The average molecular weight is 348 g/mol. The molecule has 0 saturated carbocycles. The molecular weight excluding hydrogens is 334 g/mol. The van der Waals surface area contributed by atoms with Crippen molar-refractivity contribution in [1.29, 1.82) is 0 Å². The third kappa shape index (κ3) is 2.88. The van der Waals surface area contributed by atoms with Gasteiger partial charge in [-0.05, 0) is 35.4 Å². The third-order valence-corrected chi connectivity index (χ3v) is 4.37. The van der Waals surface area contributed by atoms with Gasteiger partial charge in [0, 0.05) is 0 Å². The predicted molar refractivity (Wildman–Crippen MR) is 84.3 cm³/mol. The Balaban J connectivity index is 1.92. The standard InChI is InChI=1S/C16H14BrNO3/c1-20-12-4-2-3-10(7-12)16(17)11-5-6-14-13(8-11)18-15(19)9-21-14/h2-8,16H,9H2,1H3,(H,18,19). The quantitative estimate of drug-likeness (QED) is 0.864. The summed E-state index contributed by atoms with van der Waals surface area (Å²) in [5.41, 5.74) is 2.82. The number of amides is 1. The fourth-order valence-corrected chi connectivity index (χ4v) is 2.82. The van der Waals surface area contributed by atoms with Crippen LogP contribution < -0.4 is 14.8 Å². The van der Waals surface area contributed by atoms with E-state index in [0.717, 1.165) is 16.9 Å². The molecule has 2 aromatic rings. The number of anilines is 1. The van der Waals surface area contributed by atoms with Gasteiger partial charge in [0.25, 0.3) is 5.91 Å². The van der Waals surface area contributed by atoms with E-state index in [1.54, 1.807) is 7.11 Å². The van der Waals surface area contributed by atoms with E-state index in [1.807, 2.05) is 42.5 Å². The first-order chi connectivity index (χ1) is 10.2. The number of carbonyl (C=O) groups is 1. The Morgan fingerprint density at radius 1 is 1.24 bits per heavy atom. The summed E-state index contributed by atoms with van der Waals surface area (Å²) in [6, 6.07) is 13.6. The minimum absolute atomic E-state index is 0.0109. The van der Waals surface area contributed by atoms with Crippen molar-refractivity contribution in [1.82, 2.24) is 0 Å². The summed E-state index contributed by atoms with van der Waals surface area (Å²) in [4.78, 5) is 11.4. The summed E-state index contributed by atoms with van der Waals surface area (Å²) < 4.78 is 10.6. The van der Waals surface area contributed by atoms with Crippen LogP contribution in [0.3, 0.4) is 0 Å². The molecule has 4 nitrogen and oxygen atoms in total. The first kappa shape index (κ1) is 13.9. The van der Waals surface area contributed by atoms with Crippen LogP contribution in [0.4, 0.5) is 5.69 Å². The second-order valence-electron chi connectivity index (χ2n) is 4.73. The highest BCUT2D eigenvalue weighted by molar-refractivity contribution is 9.09. The van der Waals surface area contributed by atoms with Crippen LogP contribution in [0.1, 0.15) is 16.0 Å². The van der Waals surface area contributed by atoms with Crippen LogP contribution in [-0.2, 0) is 4.79 Å². The summed E-state index contributed by atoms with van der Waals surface area (Å²) in [5.74, 6) is 1.38. The molecule has 0 saturated heterocycles. The van der Waals surface area contributed by atoms with Gasteiger partial charge in [-0.2, -0.15) is 0 Å². The topological polar surface area (TPSA) is 47.6 Å². The second kappa shape index (κ2) is 5.77. The van der Waals surface area contributed by atoms with E-state index in [2.05, 4.69) is 21.2 Å². The molecular formula is C16H14BrNO3. The summed E-state index contributed by atoms with van der Waals surface area (Å²) >= 11 is 3.69. The van der Waals surface area contributed by atoms with Crippen LogP contribution in [0.5, 0.6) is 11.5 Å². The number of nitrogens with one attached hydrogen (secondary N) is 1. The number of rotatable bonds is 3. The molecule has 1 amide bonds. The highest BCUT2D eigenvalue weighted by atomic mass is 79.9. The van der Waals surface area contributed by atoms with Crippen LogP contribution in [0.25, 0.3) is 0 Å². The van der Waals surface area contributed by atoms with Gasteiger partial charge in [0.05, 0.1) is 17.6 Å². The summed E-state index contributed by atoms with van der Waals surface area (Å²) in [7, 11) is 1.65. The van der Waals surface area contributed by atoms with Crippen molar-refractivity contribution in [3.05, 3.63) is 53.6 Å². The average Bonchev–Trinajstić information content (AvgIpc) is 2.53. The fraction of sp³-hybridized carbons (Fsp3) is 0.188. The lowest BCUT2D eigenvalue weighted by Gasteiger charge is -2.20. The number of fused-ring (bicyclic) bond motifs is 1. The Hall–Kier alpha value is -2.01. The first-order valence-electron chi connectivity index (χ1n) is 6.52. The molecule has 108 valence electrons. The van der Waals surface area contributed by atoms with Crippen molar-refractivity contribution in [3.8, 4) is 11.5 Å². The Morgan fingerprint density at radius 2 is 2.05 bits per heavy atom. The largest absolute Gasteiger partial charge is 0.497 e. The number of alkyl halides is 1. The van der Waals surface area contributed by atoms with Crippen LogP contribution >= 0.6 is 15.9 Å². The highest BCUT2D eigenvalue weighted by Crippen LogP contribution is 2.37. The smallest absolute Gasteiger partial charge is 0.262 e. The molecule has 0 spiro atoms. The number of benzene rings is 2. The molecule has 2 aromatic carbocycles. The van der Waals surface area contributed by atoms with Gasteiger partial charge in [-0.25, -0.2) is 0 Å².